The quantitative estimate of drug-likeness (QED) is 0.192. The Morgan fingerprint density at radius 1 is 1.05 bits per heavy atom. The minimum atomic E-state index is -3.37. The average Bonchev–Trinajstić information content (AvgIpc) is 3.75. The number of fused-ring (bicyclic) bond motifs is 1. The van der Waals surface area contributed by atoms with Crippen molar-refractivity contribution in [1.82, 2.24) is 24.8 Å². The number of hydrogen-bond acceptors (Lipinski definition) is 12. The largest absolute Gasteiger partial charge is 0.387 e. The highest BCUT2D eigenvalue weighted by Gasteiger charge is 2.36. The van der Waals surface area contributed by atoms with Gasteiger partial charge in [0.15, 0.2) is 33.1 Å². The molecule has 1 N–H and O–H groups in total. The number of amides is 1. The Kier molecular flexibility index (Phi) is 8.52. The Bertz CT molecular complexity index is 1650. The second-order valence-electron chi connectivity index (χ2n) is 9.84. The number of pyridine rings is 1. The second-order valence-corrected chi connectivity index (χ2v) is 13.0. The Labute approximate surface area is 242 Å². The summed E-state index contributed by atoms with van der Waals surface area (Å²) in [4.78, 5) is 41.3. The predicted molar refractivity (Wildman–Crippen MR) is 158 cm³/mol. The summed E-state index contributed by atoms with van der Waals surface area (Å²) < 4.78 is 25.3. The second kappa shape index (κ2) is 12.2. The fourth-order valence-corrected chi connectivity index (χ4v) is 6.34. The first kappa shape index (κ1) is 28.5. The third kappa shape index (κ3) is 7.01. The lowest BCUT2D eigenvalue weighted by atomic mass is 10.1. The van der Waals surface area contributed by atoms with Crippen LogP contribution in [0.25, 0.3) is 10.3 Å². The number of rotatable bonds is 12. The fraction of sp³-hybridized carbons (Fsp3) is 0.333. The zero-order chi connectivity index (χ0) is 29.0. The van der Waals surface area contributed by atoms with Gasteiger partial charge in [-0.2, -0.15) is 0 Å². The van der Waals surface area contributed by atoms with E-state index in [2.05, 4.69) is 35.2 Å². The summed E-state index contributed by atoms with van der Waals surface area (Å²) in [6, 6.07) is 11.5. The van der Waals surface area contributed by atoms with Gasteiger partial charge in [-0.25, -0.2) is 28.4 Å². The van der Waals surface area contributed by atoms with Gasteiger partial charge in [0.1, 0.15) is 16.2 Å². The Hall–Kier alpha value is -4.01. The molecule has 1 aliphatic rings. The number of hydrogen-bond donors (Lipinski definition) is 1. The number of nitrogens with zero attached hydrogens (tertiary/aromatic N) is 7. The first-order valence-corrected chi connectivity index (χ1v) is 15.3. The molecule has 14 heteroatoms. The van der Waals surface area contributed by atoms with Crippen LogP contribution in [-0.2, 0) is 26.1 Å². The molecule has 1 aromatic carbocycles. The third-order valence-corrected chi connectivity index (χ3v) is 9.50. The first-order chi connectivity index (χ1) is 19.7. The highest BCUT2D eigenvalue weighted by atomic mass is 32.2. The zero-order valence-corrected chi connectivity index (χ0v) is 24.5. The number of anilines is 2. The molecular formula is C27H30N8O4S2. The number of benzene rings is 1. The molecule has 0 unspecified atom stereocenters. The van der Waals surface area contributed by atoms with Crippen LogP contribution < -0.4 is 10.2 Å². The molecule has 0 spiro atoms. The van der Waals surface area contributed by atoms with E-state index in [0.717, 1.165) is 18.9 Å². The van der Waals surface area contributed by atoms with Crippen molar-refractivity contribution in [3.63, 3.8) is 0 Å². The summed E-state index contributed by atoms with van der Waals surface area (Å²) in [5.41, 5.74) is 0.989. The molecule has 0 radical (unpaired) electrons. The van der Waals surface area contributed by atoms with E-state index in [1.807, 2.05) is 33.3 Å². The van der Waals surface area contributed by atoms with E-state index in [-0.39, 0.29) is 22.5 Å². The standard InChI is InChI=1S/C27H30N8O4S2/c1-34(2)15-16-35(3)23-12-11-21-26(31-23)40-27(30-21)32-25(36)24(33-39-17-22-28-13-4-14-29-22)18-5-7-19(8-6-18)41(37,38)20-9-10-20/h4-8,11-14,20H,9-10,15-17H2,1-3H3,(H,30,32,36). The first-order valence-electron chi connectivity index (χ1n) is 13.0. The molecule has 0 bridgehead atoms. The Balaban J connectivity index is 1.36. The molecule has 0 atom stereocenters. The van der Waals surface area contributed by atoms with Crippen molar-refractivity contribution < 1.29 is 18.0 Å². The maximum absolute atomic E-state index is 13.4. The van der Waals surface area contributed by atoms with E-state index >= 15 is 0 Å². The molecule has 5 rings (SSSR count). The lowest BCUT2D eigenvalue weighted by Crippen LogP contribution is -2.28. The Morgan fingerprint density at radius 2 is 1.78 bits per heavy atom. The van der Waals surface area contributed by atoms with Crippen LogP contribution in [0.1, 0.15) is 24.2 Å². The number of aromatic nitrogens is 4. The molecule has 1 fully saturated rings. The van der Waals surface area contributed by atoms with Gasteiger partial charge in [0.05, 0.1) is 10.1 Å². The van der Waals surface area contributed by atoms with Crippen LogP contribution in [0, 0.1) is 0 Å². The fourth-order valence-electron chi connectivity index (χ4n) is 3.85. The van der Waals surface area contributed by atoms with E-state index in [9.17, 15) is 13.2 Å². The lowest BCUT2D eigenvalue weighted by molar-refractivity contribution is -0.110. The average molecular weight is 595 g/mol. The highest BCUT2D eigenvalue weighted by Crippen LogP contribution is 2.33. The smallest absolute Gasteiger partial charge is 0.280 e. The monoisotopic (exact) mass is 594 g/mol. The number of nitrogens with one attached hydrogen (secondary N) is 1. The molecule has 3 heterocycles. The van der Waals surface area contributed by atoms with Crippen LogP contribution in [0.5, 0.6) is 0 Å². The van der Waals surface area contributed by atoms with Crippen molar-refractivity contribution in [1.29, 1.82) is 0 Å². The summed E-state index contributed by atoms with van der Waals surface area (Å²) in [6.45, 7) is 1.64. The van der Waals surface area contributed by atoms with E-state index in [1.165, 1.54) is 23.5 Å². The van der Waals surface area contributed by atoms with Gasteiger partial charge in [-0.15, -0.1) is 0 Å². The number of thiazole rings is 1. The highest BCUT2D eigenvalue weighted by molar-refractivity contribution is 7.92. The third-order valence-electron chi connectivity index (χ3n) is 6.34. The van der Waals surface area contributed by atoms with Crippen LogP contribution >= 0.6 is 11.3 Å². The topological polar surface area (TPSA) is 143 Å². The maximum atomic E-state index is 13.4. The zero-order valence-electron chi connectivity index (χ0n) is 22.9. The van der Waals surface area contributed by atoms with Crippen LogP contribution in [0.2, 0.25) is 0 Å². The summed E-state index contributed by atoms with van der Waals surface area (Å²) in [6.07, 6.45) is 4.49. The molecular weight excluding hydrogens is 564 g/mol. The van der Waals surface area contributed by atoms with Gasteiger partial charge in [-0.05, 0) is 57.3 Å². The minimum Gasteiger partial charge on any atom is -0.387 e. The van der Waals surface area contributed by atoms with Crippen molar-refractivity contribution in [2.75, 3.05) is 44.4 Å². The van der Waals surface area contributed by atoms with Gasteiger partial charge in [0.2, 0.25) is 0 Å². The molecule has 214 valence electrons. The molecule has 12 nitrogen and oxygen atoms in total. The van der Waals surface area contributed by atoms with Gasteiger partial charge in [-0.1, -0.05) is 28.6 Å². The molecule has 1 aliphatic carbocycles. The molecule has 4 aromatic rings. The normalized spacial score (nSPS) is 13.9. The predicted octanol–water partition coefficient (Wildman–Crippen LogP) is 2.97. The van der Waals surface area contributed by atoms with Crippen LogP contribution in [0.3, 0.4) is 0 Å². The molecule has 41 heavy (non-hydrogen) atoms. The number of oxime groups is 1. The van der Waals surface area contributed by atoms with E-state index < -0.39 is 15.7 Å². The molecule has 1 saturated carbocycles. The van der Waals surface area contributed by atoms with Crippen LogP contribution in [0.4, 0.5) is 10.9 Å². The van der Waals surface area contributed by atoms with Crippen molar-refractivity contribution in [3.05, 3.63) is 66.2 Å². The Morgan fingerprint density at radius 3 is 2.46 bits per heavy atom. The van der Waals surface area contributed by atoms with E-state index in [1.54, 1.807) is 30.6 Å². The van der Waals surface area contributed by atoms with Crippen molar-refractivity contribution in [2.24, 2.45) is 5.16 Å². The number of carbonyl (C=O) groups excluding carboxylic acids is 1. The van der Waals surface area contributed by atoms with Gasteiger partial charge >= 0.3 is 0 Å². The van der Waals surface area contributed by atoms with E-state index in [0.29, 0.717) is 39.7 Å². The van der Waals surface area contributed by atoms with Crippen LogP contribution in [-0.4, -0.2) is 84.4 Å². The van der Waals surface area contributed by atoms with Gasteiger partial charge in [0, 0.05) is 38.1 Å². The number of sulfone groups is 1. The minimum absolute atomic E-state index is 0.0485. The van der Waals surface area contributed by atoms with Crippen molar-refractivity contribution in [2.45, 2.75) is 29.6 Å². The molecule has 1 amide bonds. The number of likely N-dealkylation sites (N-methyl/N-ethyl adjacent to an activating group) is 2. The summed E-state index contributed by atoms with van der Waals surface area (Å²) in [5, 5.41) is 6.88. The lowest BCUT2D eigenvalue weighted by Gasteiger charge is -2.20. The molecule has 0 aliphatic heterocycles. The van der Waals surface area contributed by atoms with Crippen molar-refractivity contribution >= 4 is 54.1 Å². The molecule has 3 aromatic heterocycles. The summed E-state index contributed by atoms with van der Waals surface area (Å²) in [7, 11) is 2.64. The van der Waals surface area contributed by atoms with Gasteiger partial charge < -0.3 is 14.6 Å². The van der Waals surface area contributed by atoms with Crippen LogP contribution in [0.15, 0.2) is 64.9 Å². The SMILES string of the molecule is CN(C)CCN(C)c1ccc2nc(NC(=O)C(=NOCc3ncccn3)c3ccc(S(=O)(=O)C4CC4)cc3)sc2n1. The maximum Gasteiger partial charge on any atom is 0.280 e. The molecule has 0 saturated heterocycles. The van der Waals surface area contributed by atoms with E-state index in [4.69, 9.17) is 9.82 Å². The van der Waals surface area contributed by atoms with Crippen molar-refractivity contribution in [3.8, 4) is 0 Å². The summed E-state index contributed by atoms with van der Waals surface area (Å²) in [5.74, 6) is 0.630. The van der Waals surface area contributed by atoms with Gasteiger partial charge in [-0.3, -0.25) is 10.1 Å². The number of carbonyl (C=O) groups is 1. The summed E-state index contributed by atoms with van der Waals surface area (Å²) >= 11 is 1.24. The van der Waals surface area contributed by atoms with Gasteiger partial charge in [0.25, 0.3) is 5.91 Å².